The predicted molar refractivity (Wildman–Crippen MR) is 86.4 cm³/mol. The summed E-state index contributed by atoms with van der Waals surface area (Å²) < 4.78 is 12.4. The van der Waals surface area contributed by atoms with Gasteiger partial charge in [0.15, 0.2) is 0 Å². The summed E-state index contributed by atoms with van der Waals surface area (Å²) in [5.41, 5.74) is 2.41. The molecule has 22 heavy (non-hydrogen) atoms. The number of rotatable bonds is 3. The fourth-order valence-corrected chi connectivity index (χ4v) is 3.42. The van der Waals surface area contributed by atoms with Crippen LogP contribution in [0.25, 0.3) is 0 Å². The molecule has 0 amide bonds. The van der Waals surface area contributed by atoms with Crippen LogP contribution in [0.15, 0.2) is 48.5 Å². The fraction of sp³-hybridized carbons (Fsp3) is 0.368. The second-order valence-electron chi connectivity index (χ2n) is 6.22. The van der Waals surface area contributed by atoms with Crippen molar-refractivity contribution in [2.75, 3.05) is 13.1 Å². The van der Waals surface area contributed by atoms with E-state index in [9.17, 15) is 0 Å². The normalized spacial score (nSPS) is 23.1. The van der Waals surface area contributed by atoms with Crippen LogP contribution in [0.2, 0.25) is 0 Å². The van der Waals surface area contributed by atoms with Crippen LogP contribution < -0.4 is 14.8 Å². The van der Waals surface area contributed by atoms with Gasteiger partial charge < -0.3 is 14.8 Å². The minimum Gasteiger partial charge on any atom is -0.488 e. The molecule has 114 valence electrons. The summed E-state index contributed by atoms with van der Waals surface area (Å²) in [4.78, 5) is 0. The molecule has 0 aromatic heterocycles. The van der Waals surface area contributed by atoms with Gasteiger partial charge in [-0.15, -0.1) is 0 Å². The Kier molecular flexibility index (Phi) is 3.51. The van der Waals surface area contributed by atoms with Gasteiger partial charge in [0.05, 0.1) is 0 Å². The molecule has 2 heterocycles. The Hall–Kier alpha value is -2.00. The van der Waals surface area contributed by atoms with E-state index in [-0.39, 0.29) is 5.60 Å². The molecule has 2 aromatic carbocycles. The number of hydrogen-bond donors (Lipinski definition) is 1. The fourth-order valence-electron chi connectivity index (χ4n) is 3.42. The van der Waals surface area contributed by atoms with Gasteiger partial charge >= 0.3 is 0 Å². The first-order valence-corrected chi connectivity index (χ1v) is 8.03. The van der Waals surface area contributed by atoms with Gasteiger partial charge in [0.2, 0.25) is 0 Å². The van der Waals surface area contributed by atoms with Gasteiger partial charge in [0.25, 0.3) is 0 Å². The molecule has 3 nitrogen and oxygen atoms in total. The van der Waals surface area contributed by atoms with Gasteiger partial charge in [-0.3, -0.25) is 0 Å². The lowest BCUT2D eigenvalue weighted by Gasteiger charge is -2.35. The molecule has 0 saturated carbocycles. The zero-order valence-electron chi connectivity index (χ0n) is 12.7. The Morgan fingerprint density at radius 1 is 1.05 bits per heavy atom. The largest absolute Gasteiger partial charge is 0.488 e. The number of fused-ring (bicyclic) bond motifs is 1. The van der Waals surface area contributed by atoms with Gasteiger partial charge in [-0.1, -0.05) is 36.4 Å². The second-order valence-corrected chi connectivity index (χ2v) is 6.22. The number of hydrogen-bond acceptors (Lipinski definition) is 3. The SMILES string of the molecule is c1ccc(COc2cccc3c2CC[C@]2(CCNC2)O3)cc1. The maximum atomic E-state index is 6.33. The van der Waals surface area contributed by atoms with E-state index >= 15 is 0 Å². The average Bonchev–Trinajstić information content (AvgIpc) is 3.01. The Morgan fingerprint density at radius 3 is 2.77 bits per heavy atom. The van der Waals surface area contributed by atoms with Crippen molar-refractivity contribution in [2.45, 2.75) is 31.5 Å². The highest BCUT2D eigenvalue weighted by molar-refractivity contribution is 5.47. The monoisotopic (exact) mass is 295 g/mol. The zero-order chi connectivity index (χ0) is 14.8. The molecular formula is C19H21NO2. The van der Waals surface area contributed by atoms with Crippen LogP contribution in [-0.2, 0) is 13.0 Å². The molecule has 4 rings (SSSR count). The highest BCUT2D eigenvalue weighted by Gasteiger charge is 2.39. The molecule has 0 aliphatic carbocycles. The molecule has 0 unspecified atom stereocenters. The molecule has 2 aliphatic heterocycles. The highest BCUT2D eigenvalue weighted by Crippen LogP contribution is 2.40. The predicted octanol–water partition coefficient (Wildman–Crippen LogP) is 3.32. The van der Waals surface area contributed by atoms with Crippen molar-refractivity contribution in [3.8, 4) is 11.5 Å². The third-order valence-electron chi connectivity index (χ3n) is 4.69. The van der Waals surface area contributed by atoms with Crippen molar-refractivity contribution in [3.05, 3.63) is 59.7 Å². The maximum Gasteiger partial charge on any atom is 0.127 e. The smallest absolute Gasteiger partial charge is 0.127 e. The second kappa shape index (κ2) is 5.65. The minimum absolute atomic E-state index is 0.00501. The third-order valence-corrected chi connectivity index (χ3v) is 4.69. The first kappa shape index (κ1) is 13.6. The summed E-state index contributed by atoms with van der Waals surface area (Å²) >= 11 is 0. The summed E-state index contributed by atoms with van der Waals surface area (Å²) in [6.07, 6.45) is 3.20. The van der Waals surface area contributed by atoms with Gasteiger partial charge in [0, 0.05) is 18.5 Å². The Balaban J connectivity index is 1.53. The molecular weight excluding hydrogens is 274 g/mol. The minimum atomic E-state index is 0.00501. The van der Waals surface area contributed by atoms with Crippen LogP contribution in [0, 0.1) is 0 Å². The maximum absolute atomic E-state index is 6.33. The summed E-state index contributed by atoms with van der Waals surface area (Å²) in [6, 6.07) is 16.4. The van der Waals surface area contributed by atoms with E-state index in [1.165, 1.54) is 11.1 Å². The van der Waals surface area contributed by atoms with Crippen molar-refractivity contribution in [1.29, 1.82) is 0 Å². The van der Waals surface area contributed by atoms with Crippen LogP contribution in [0.4, 0.5) is 0 Å². The van der Waals surface area contributed by atoms with Gasteiger partial charge in [-0.25, -0.2) is 0 Å². The Bertz CT molecular complexity index is 648. The molecule has 0 bridgehead atoms. The van der Waals surface area contributed by atoms with E-state index in [1.807, 2.05) is 24.3 Å². The van der Waals surface area contributed by atoms with E-state index in [0.717, 1.165) is 43.9 Å². The summed E-state index contributed by atoms with van der Waals surface area (Å²) in [5, 5.41) is 3.42. The Labute approximate surface area is 131 Å². The van der Waals surface area contributed by atoms with Gasteiger partial charge in [-0.2, -0.15) is 0 Å². The van der Waals surface area contributed by atoms with Crippen molar-refractivity contribution in [3.63, 3.8) is 0 Å². The first-order chi connectivity index (χ1) is 10.8. The summed E-state index contributed by atoms with van der Waals surface area (Å²) in [5.74, 6) is 1.96. The van der Waals surface area contributed by atoms with Crippen molar-refractivity contribution in [1.82, 2.24) is 5.32 Å². The van der Waals surface area contributed by atoms with Crippen LogP contribution in [0.5, 0.6) is 11.5 Å². The Morgan fingerprint density at radius 2 is 1.95 bits per heavy atom. The molecule has 0 radical (unpaired) electrons. The van der Waals surface area contributed by atoms with Crippen molar-refractivity contribution in [2.24, 2.45) is 0 Å². The van der Waals surface area contributed by atoms with E-state index in [0.29, 0.717) is 6.61 Å². The van der Waals surface area contributed by atoms with Crippen molar-refractivity contribution >= 4 is 0 Å². The van der Waals surface area contributed by atoms with Crippen LogP contribution in [0.1, 0.15) is 24.0 Å². The molecule has 1 fully saturated rings. The molecule has 1 atom stereocenters. The summed E-state index contributed by atoms with van der Waals surface area (Å²) in [6.45, 7) is 2.62. The van der Waals surface area contributed by atoms with Crippen LogP contribution in [-0.4, -0.2) is 18.7 Å². The number of nitrogens with one attached hydrogen (secondary N) is 1. The zero-order valence-corrected chi connectivity index (χ0v) is 12.7. The standard InChI is InChI=1S/C19H21NO2/c1-2-5-15(6-3-1)13-21-17-7-4-8-18-16(17)9-10-19(22-18)11-12-20-14-19/h1-8,20H,9-14H2/t19-/m1/s1. The number of benzene rings is 2. The van der Waals surface area contributed by atoms with Gasteiger partial charge in [-0.05, 0) is 37.1 Å². The molecule has 2 aromatic rings. The lowest BCUT2D eigenvalue weighted by atomic mass is 9.90. The molecule has 1 N–H and O–H groups in total. The van der Waals surface area contributed by atoms with E-state index in [4.69, 9.17) is 9.47 Å². The van der Waals surface area contributed by atoms with Crippen LogP contribution in [0.3, 0.4) is 0 Å². The van der Waals surface area contributed by atoms with E-state index in [1.54, 1.807) is 0 Å². The average molecular weight is 295 g/mol. The highest BCUT2D eigenvalue weighted by atomic mass is 16.5. The first-order valence-electron chi connectivity index (χ1n) is 8.03. The van der Waals surface area contributed by atoms with E-state index in [2.05, 4.69) is 29.6 Å². The van der Waals surface area contributed by atoms with E-state index < -0.39 is 0 Å². The number of ether oxygens (including phenoxy) is 2. The lowest BCUT2D eigenvalue weighted by molar-refractivity contribution is 0.0651. The van der Waals surface area contributed by atoms with Gasteiger partial charge in [0.1, 0.15) is 23.7 Å². The topological polar surface area (TPSA) is 30.5 Å². The quantitative estimate of drug-likeness (QED) is 0.942. The molecule has 1 saturated heterocycles. The van der Waals surface area contributed by atoms with Crippen LogP contribution >= 0.6 is 0 Å². The molecule has 3 heteroatoms. The summed E-state index contributed by atoms with van der Waals surface area (Å²) in [7, 11) is 0. The van der Waals surface area contributed by atoms with Crippen molar-refractivity contribution < 1.29 is 9.47 Å². The molecule has 2 aliphatic rings. The molecule has 1 spiro atoms. The third kappa shape index (κ3) is 2.57. The lowest BCUT2D eigenvalue weighted by Crippen LogP contribution is -2.41.